The van der Waals surface area contributed by atoms with Crippen molar-refractivity contribution < 1.29 is 13.9 Å². The van der Waals surface area contributed by atoms with Gasteiger partial charge in [-0.3, -0.25) is 0 Å². The molecular weight excluding hydrogens is 240 g/mol. The number of anilines is 1. The average Bonchev–Trinajstić information content (AvgIpc) is 2.28. The number of hydrogen-bond donors (Lipinski definition) is 2. The molecule has 0 bridgehead atoms. The zero-order chi connectivity index (χ0) is 12.2. The molecule has 4 nitrogen and oxygen atoms in total. The number of nitrogens with zero attached hydrogens (tertiary/aromatic N) is 2. The van der Waals surface area contributed by atoms with E-state index < -0.39 is 19.1 Å². The van der Waals surface area contributed by atoms with Gasteiger partial charge in [-0.05, 0) is 6.07 Å². The summed E-state index contributed by atoms with van der Waals surface area (Å²) in [6, 6.07) is 3.17. The first-order chi connectivity index (χ1) is 7.50. The van der Waals surface area contributed by atoms with Crippen molar-refractivity contribution >= 4 is 17.4 Å². The molecule has 0 unspecified atom stereocenters. The molecule has 0 aliphatic rings. The molecule has 1 aromatic rings. The van der Waals surface area contributed by atoms with Gasteiger partial charge in [-0.25, -0.2) is 13.8 Å². The van der Waals surface area contributed by atoms with Gasteiger partial charge in [0.2, 0.25) is 0 Å². The van der Waals surface area contributed by atoms with E-state index in [0.29, 0.717) is 0 Å². The van der Waals surface area contributed by atoms with Gasteiger partial charge in [-0.1, -0.05) is 11.6 Å². The fourth-order valence-corrected chi connectivity index (χ4v) is 1.14. The second-order valence-corrected chi connectivity index (χ2v) is 3.38. The first-order valence-corrected chi connectivity index (χ1v) is 4.65. The molecule has 2 N–H and O–H groups in total. The first kappa shape index (κ1) is 12.6. The van der Waals surface area contributed by atoms with Gasteiger partial charge in [-0.2, -0.15) is 5.26 Å². The minimum atomic E-state index is -3.26. The third-order valence-electron chi connectivity index (χ3n) is 1.76. The van der Waals surface area contributed by atoms with Crippen LogP contribution in [0.15, 0.2) is 12.3 Å². The Morgan fingerprint density at radius 3 is 2.88 bits per heavy atom. The van der Waals surface area contributed by atoms with Gasteiger partial charge in [0, 0.05) is 6.20 Å². The van der Waals surface area contributed by atoms with E-state index in [2.05, 4.69) is 10.3 Å². The molecular formula is C9H8ClF2N3O. The van der Waals surface area contributed by atoms with Gasteiger partial charge in [0.1, 0.15) is 23.5 Å². The highest BCUT2D eigenvalue weighted by Crippen LogP contribution is 2.23. The topological polar surface area (TPSA) is 68.9 Å². The lowest BCUT2D eigenvalue weighted by molar-refractivity contribution is -0.0373. The van der Waals surface area contributed by atoms with Crippen LogP contribution in [0.3, 0.4) is 0 Å². The molecule has 1 rings (SSSR count). The van der Waals surface area contributed by atoms with Gasteiger partial charge in [-0.15, -0.1) is 0 Å². The zero-order valence-electron chi connectivity index (χ0n) is 8.04. The summed E-state index contributed by atoms with van der Waals surface area (Å²) in [7, 11) is 0. The van der Waals surface area contributed by atoms with Crippen molar-refractivity contribution in [3.63, 3.8) is 0 Å². The maximum atomic E-state index is 12.7. The Balaban J connectivity index is 2.80. The molecule has 1 aromatic heterocycles. The van der Waals surface area contributed by atoms with Crippen LogP contribution in [0.5, 0.6) is 0 Å². The van der Waals surface area contributed by atoms with Crippen molar-refractivity contribution in [3.05, 3.63) is 22.8 Å². The lowest BCUT2D eigenvalue weighted by Gasteiger charge is -2.15. The van der Waals surface area contributed by atoms with Crippen molar-refractivity contribution in [2.75, 3.05) is 18.5 Å². The second-order valence-electron chi connectivity index (χ2n) is 3.00. The lowest BCUT2D eigenvalue weighted by Crippen LogP contribution is -2.31. The Morgan fingerprint density at radius 1 is 1.62 bits per heavy atom. The summed E-state index contributed by atoms with van der Waals surface area (Å²) in [5.74, 6) is -3.26. The van der Waals surface area contributed by atoms with E-state index in [-0.39, 0.29) is 16.4 Å². The van der Waals surface area contributed by atoms with Gasteiger partial charge in [0.05, 0.1) is 12.1 Å². The number of alkyl halides is 2. The number of halogens is 3. The van der Waals surface area contributed by atoms with Crippen LogP contribution in [0.25, 0.3) is 0 Å². The van der Waals surface area contributed by atoms with Crippen LogP contribution in [0.4, 0.5) is 14.6 Å². The fourth-order valence-electron chi connectivity index (χ4n) is 0.922. The molecule has 0 aromatic carbocycles. The van der Waals surface area contributed by atoms with Crippen LogP contribution in [0.2, 0.25) is 5.02 Å². The number of aliphatic hydroxyl groups is 1. The molecule has 0 amide bonds. The number of aliphatic hydroxyl groups excluding tert-OH is 1. The predicted molar refractivity (Wildman–Crippen MR) is 54.5 cm³/mol. The van der Waals surface area contributed by atoms with Gasteiger partial charge in [0.25, 0.3) is 5.92 Å². The average molecular weight is 248 g/mol. The Labute approximate surface area is 95.5 Å². The van der Waals surface area contributed by atoms with Crippen molar-refractivity contribution in [2.24, 2.45) is 0 Å². The third-order valence-corrected chi connectivity index (χ3v) is 2.14. The zero-order valence-corrected chi connectivity index (χ0v) is 8.80. The van der Waals surface area contributed by atoms with Crippen LogP contribution in [-0.2, 0) is 0 Å². The summed E-state index contributed by atoms with van der Waals surface area (Å²) in [6.07, 6.45) is 1.28. The fraction of sp³-hybridized carbons (Fsp3) is 0.333. The summed E-state index contributed by atoms with van der Waals surface area (Å²) in [4.78, 5) is 3.72. The normalized spacial score (nSPS) is 10.9. The molecule has 0 saturated carbocycles. The Morgan fingerprint density at radius 2 is 2.31 bits per heavy atom. The second kappa shape index (κ2) is 5.05. The molecule has 0 fully saturated rings. The summed E-state index contributed by atoms with van der Waals surface area (Å²) in [5.41, 5.74) is 0.145. The highest BCUT2D eigenvalue weighted by Gasteiger charge is 2.27. The number of nitrogens with one attached hydrogen (secondary N) is 1. The number of hydrogen-bond acceptors (Lipinski definition) is 4. The molecule has 0 saturated heterocycles. The highest BCUT2D eigenvalue weighted by atomic mass is 35.5. The number of rotatable bonds is 4. The Bertz CT molecular complexity index is 420. The SMILES string of the molecule is N#Cc1ccnc(NCC(F)(F)CO)c1Cl. The highest BCUT2D eigenvalue weighted by molar-refractivity contribution is 6.34. The minimum absolute atomic E-state index is 0.00570. The molecule has 7 heteroatoms. The molecule has 0 atom stereocenters. The van der Waals surface area contributed by atoms with E-state index in [0.717, 1.165) is 0 Å². The minimum Gasteiger partial charge on any atom is -0.390 e. The predicted octanol–water partition coefficient (Wildman–Crippen LogP) is 1.65. The molecule has 16 heavy (non-hydrogen) atoms. The Hall–Kier alpha value is -1.45. The first-order valence-electron chi connectivity index (χ1n) is 4.27. The van der Waals surface area contributed by atoms with Crippen molar-refractivity contribution in [2.45, 2.75) is 5.92 Å². The largest absolute Gasteiger partial charge is 0.390 e. The molecule has 0 aliphatic carbocycles. The van der Waals surface area contributed by atoms with Crippen molar-refractivity contribution in [3.8, 4) is 6.07 Å². The monoisotopic (exact) mass is 247 g/mol. The maximum Gasteiger partial charge on any atom is 0.287 e. The van der Waals surface area contributed by atoms with Gasteiger partial charge < -0.3 is 10.4 Å². The lowest BCUT2D eigenvalue weighted by atomic mass is 10.3. The van der Waals surface area contributed by atoms with E-state index in [4.69, 9.17) is 22.0 Å². The maximum absolute atomic E-state index is 12.7. The van der Waals surface area contributed by atoms with E-state index in [1.54, 1.807) is 6.07 Å². The number of nitriles is 1. The van der Waals surface area contributed by atoms with E-state index >= 15 is 0 Å². The van der Waals surface area contributed by atoms with Crippen molar-refractivity contribution in [1.29, 1.82) is 5.26 Å². The molecule has 1 heterocycles. The van der Waals surface area contributed by atoms with E-state index in [9.17, 15) is 8.78 Å². The summed E-state index contributed by atoms with van der Waals surface area (Å²) in [5, 5.41) is 19.2. The van der Waals surface area contributed by atoms with Gasteiger partial charge >= 0.3 is 0 Å². The van der Waals surface area contributed by atoms with Crippen LogP contribution < -0.4 is 5.32 Å². The van der Waals surface area contributed by atoms with E-state index in [1.807, 2.05) is 0 Å². The summed E-state index contributed by atoms with van der Waals surface area (Å²) >= 11 is 5.73. The third kappa shape index (κ3) is 3.02. The molecule has 86 valence electrons. The van der Waals surface area contributed by atoms with Crippen LogP contribution >= 0.6 is 11.6 Å². The van der Waals surface area contributed by atoms with Crippen LogP contribution in [0, 0.1) is 11.3 Å². The van der Waals surface area contributed by atoms with Crippen LogP contribution in [0.1, 0.15) is 5.56 Å². The van der Waals surface area contributed by atoms with E-state index in [1.165, 1.54) is 12.3 Å². The quantitative estimate of drug-likeness (QED) is 0.849. The molecule has 0 spiro atoms. The molecule has 0 aliphatic heterocycles. The smallest absolute Gasteiger partial charge is 0.287 e. The summed E-state index contributed by atoms with van der Waals surface area (Å²) < 4.78 is 25.4. The van der Waals surface area contributed by atoms with Crippen molar-refractivity contribution in [1.82, 2.24) is 4.98 Å². The Kier molecular flexibility index (Phi) is 3.99. The standard InChI is InChI=1S/C9H8ClF2N3O/c10-7-6(3-13)1-2-14-8(7)15-4-9(11,12)5-16/h1-2,16H,4-5H2,(H,14,15). The van der Waals surface area contributed by atoms with Gasteiger partial charge in [0.15, 0.2) is 0 Å². The molecule has 0 radical (unpaired) electrons. The summed E-state index contributed by atoms with van der Waals surface area (Å²) in [6.45, 7) is -2.07. The number of pyridine rings is 1. The van der Waals surface area contributed by atoms with Crippen LogP contribution in [-0.4, -0.2) is 29.2 Å². The number of aromatic nitrogens is 1.